The molecule has 2 aliphatic rings. The van der Waals surface area contributed by atoms with Gasteiger partial charge in [-0.25, -0.2) is 0 Å². The average Bonchev–Trinajstić information content (AvgIpc) is 2.82. The van der Waals surface area contributed by atoms with Gasteiger partial charge < -0.3 is 15.5 Å². The van der Waals surface area contributed by atoms with Gasteiger partial charge in [0.15, 0.2) is 0 Å². The number of nitrogens with zero attached hydrogens (tertiary/aromatic N) is 2. The second-order valence-corrected chi connectivity index (χ2v) is 7.00. The van der Waals surface area contributed by atoms with Gasteiger partial charge in [-0.3, -0.25) is 0 Å². The SMILES string of the molecule is CN(CCN1CCCC1)C1CCCC(C)(C)C1N. The van der Waals surface area contributed by atoms with Crippen LogP contribution in [-0.4, -0.2) is 55.1 Å². The molecule has 1 saturated heterocycles. The van der Waals surface area contributed by atoms with Gasteiger partial charge in [-0.05, 0) is 51.2 Å². The standard InChI is InChI=1S/C15H31N3/c1-15(2)8-6-7-13(14(15)16)17(3)11-12-18-9-4-5-10-18/h13-14H,4-12,16H2,1-3H3. The largest absolute Gasteiger partial charge is 0.326 e. The maximum Gasteiger partial charge on any atom is 0.0249 e. The second-order valence-electron chi connectivity index (χ2n) is 7.00. The van der Waals surface area contributed by atoms with Crippen molar-refractivity contribution in [1.82, 2.24) is 9.80 Å². The van der Waals surface area contributed by atoms with Crippen LogP contribution in [0.25, 0.3) is 0 Å². The first-order valence-electron chi connectivity index (χ1n) is 7.69. The highest BCUT2D eigenvalue weighted by atomic mass is 15.2. The molecule has 0 amide bonds. The zero-order chi connectivity index (χ0) is 13.2. The summed E-state index contributed by atoms with van der Waals surface area (Å²) in [6, 6.07) is 0.909. The first-order chi connectivity index (χ1) is 8.50. The van der Waals surface area contributed by atoms with E-state index in [1.54, 1.807) is 0 Å². The molecule has 0 radical (unpaired) electrons. The van der Waals surface area contributed by atoms with Crippen LogP contribution < -0.4 is 5.73 Å². The van der Waals surface area contributed by atoms with E-state index in [2.05, 4.69) is 30.7 Å². The molecule has 1 saturated carbocycles. The maximum absolute atomic E-state index is 6.49. The van der Waals surface area contributed by atoms with Crippen molar-refractivity contribution in [2.45, 2.75) is 58.0 Å². The zero-order valence-electron chi connectivity index (χ0n) is 12.5. The van der Waals surface area contributed by atoms with E-state index in [1.165, 1.54) is 58.3 Å². The van der Waals surface area contributed by atoms with E-state index in [0.717, 1.165) is 0 Å². The lowest BCUT2D eigenvalue weighted by molar-refractivity contribution is 0.0791. The van der Waals surface area contributed by atoms with Crippen LogP contribution >= 0.6 is 0 Å². The van der Waals surface area contributed by atoms with Crippen molar-refractivity contribution in [2.24, 2.45) is 11.1 Å². The molecule has 3 nitrogen and oxygen atoms in total. The molecular formula is C15H31N3. The Morgan fingerprint density at radius 3 is 2.56 bits per heavy atom. The average molecular weight is 253 g/mol. The Morgan fingerprint density at radius 1 is 1.22 bits per heavy atom. The van der Waals surface area contributed by atoms with Gasteiger partial charge in [0.25, 0.3) is 0 Å². The normalized spacial score (nSPS) is 33.2. The molecule has 3 heteroatoms. The molecule has 0 aromatic carbocycles. The van der Waals surface area contributed by atoms with Crippen molar-refractivity contribution >= 4 is 0 Å². The highest BCUT2D eigenvalue weighted by Crippen LogP contribution is 2.36. The Balaban J connectivity index is 1.81. The molecule has 0 aromatic rings. The van der Waals surface area contributed by atoms with Crippen molar-refractivity contribution < 1.29 is 0 Å². The number of hydrogen-bond acceptors (Lipinski definition) is 3. The van der Waals surface area contributed by atoms with Gasteiger partial charge in [0.1, 0.15) is 0 Å². The van der Waals surface area contributed by atoms with E-state index in [-0.39, 0.29) is 0 Å². The molecule has 2 atom stereocenters. The van der Waals surface area contributed by atoms with E-state index in [9.17, 15) is 0 Å². The van der Waals surface area contributed by atoms with E-state index in [4.69, 9.17) is 5.73 Å². The summed E-state index contributed by atoms with van der Waals surface area (Å²) in [7, 11) is 2.27. The predicted molar refractivity (Wildman–Crippen MR) is 77.7 cm³/mol. The first-order valence-corrected chi connectivity index (χ1v) is 7.69. The predicted octanol–water partition coefficient (Wildman–Crippen LogP) is 1.92. The van der Waals surface area contributed by atoms with Crippen molar-refractivity contribution in [3.63, 3.8) is 0 Å². The van der Waals surface area contributed by atoms with Crippen molar-refractivity contribution in [3.8, 4) is 0 Å². The summed E-state index contributed by atoms with van der Waals surface area (Å²) < 4.78 is 0. The Hall–Kier alpha value is -0.120. The topological polar surface area (TPSA) is 32.5 Å². The van der Waals surface area contributed by atoms with E-state index < -0.39 is 0 Å². The molecule has 18 heavy (non-hydrogen) atoms. The summed E-state index contributed by atoms with van der Waals surface area (Å²) in [6.07, 6.45) is 6.67. The summed E-state index contributed by atoms with van der Waals surface area (Å²) >= 11 is 0. The quantitative estimate of drug-likeness (QED) is 0.831. The number of rotatable bonds is 4. The Labute approximate surface area is 113 Å². The minimum Gasteiger partial charge on any atom is -0.326 e. The molecule has 2 unspecified atom stereocenters. The fourth-order valence-electron chi connectivity index (χ4n) is 3.60. The monoisotopic (exact) mass is 253 g/mol. The molecular weight excluding hydrogens is 222 g/mol. The lowest BCUT2D eigenvalue weighted by atomic mass is 9.71. The van der Waals surface area contributed by atoms with Gasteiger partial charge in [-0.1, -0.05) is 20.3 Å². The van der Waals surface area contributed by atoms with Gasteiger partial charge in [0.05, 0.1) is 0 Å². The van der Waals surface area contributed by atoms with Crippen LogP contribution in [-0.2, 0) is 0 Å². The molecule has 2 rings (SSSR count). The van der Waals surface area contributed by atoms with Gasteiger partial charge >= 0.3 is 0 Å². The third-order valence-electron chi connectivity index (χ3n) is 5.17. The summed E-state index contributed by atoms with van der Waals surface area (Å²) in [5, 5.41) is 0. The third kappa shape index (κ3) is 3.25. The van der Waals surface area contributed by atoms with Crippen LogP contribution in [0.3, 0.4) is 0 Å². The molecule has 2 fully saturated rings. The number of likely N-dealkylation sites (tertiary alicyclic amines) is 1. The van der Waals surface area contributed by atoms with Gasteiger partial charge in [0.2, 0.25) is 0 Å². The lowest BCUT2D eigenvalue weighted by Gasteiger charge is -2.45. The highest BCUT2D eigenvalue weighted by Gasteiger charge is 2.38. The van der Waals surface area contributed by atoms with Gasteiger partial charge in [-0.2, -0.15) is 0 Å². The Kier molecular flexibility index (Phi) is 4.68. The van der Waals surface area contributed by atoms with Crippen LogP contribution in [0.4, 0.5) is 0 Å². The van der Waals surface area contributed by atoms with Crippen molar-refractivity contribution in [2.75, 3.05) is 33.2 Å². The minimum absolute atomic E-state index is 0.310. The molecule has 0 spiro atoms. The molecule has 1 aliphatic heterocycles. The van der Waals surface area contributed by atoms with Crippen LogP contribution in [0.5, 0.6) is 0 Å². The number of likely N-dealkylation sites (N-methyl/N-ethyl adjacent to an activating group) is 1. The highest BCUT2D eigenvalue weighted by molar-refractivity contribution is 4.95. The fraction of sp³-hybridized carbons (Fsp3) is 1.00. The smallest absolute Gasteiger partial charge is 0.0249 e. The molecule has 0 bridgehead atoms. The molecule has 0 aromatic heterocycles. The summed E-state index contributed by atoms with van der Waals surface area (Å²) in [5.41, 5.74) is 6.80. The molecule has 106 valence electrons. The molecule has 1 aliphatic carbocycles. The molecule has 1 heterocycles. The van der Waals surface area contributed by atoms with E-state index >= 15 is 0 Å². The summed E-state index contributed by atoms with van der Waals surface area (Å²) in [6.45, 7) is 9.66. The number of nitrogens with two attached hydrogens (primary N) is 1. The van der Waals surface area contributed by atoms with Gasteiger partial charge in [0, 0.05) is 25.2 Å². The zero-order valence-corrected chi connectivity index (χ0v) is 12.5. The minimum atomic E-state index is 0.310. The van der Waals surface area contributed by atoms with E-state index in [1.807, 2.05) is 0 Å². The van der Waals surface area contributed by atoms with Crippen molar-refractivity contribution in [3.05, 3.63) is 0 Å². The summed E-state index contributed by atoms with van der Waals surface area (Å²) in [5.74, 6) is 0. The molecule has 2 N–H and O–H groups in total. The number of hydrogen-bond donors (Lipinski definition) is 1. The Morgan fingerprint density at radius 2 is 1.89 bits per heavy atom. The summed E-state index contributed by atoms with van der Waals surface area (Å²) in [4.78, 5) is 5.11. The maximum atomic E-state index is 6.49. The van der Waals surface area contributed by atoms with Crippen LogP contribution in [0.2, 0.25) is 0 Å². The lowest BCUT2D eigenvalue weighted by Crippen LogP contribution is -2.56. The van der Waals surface area contributed by atoms with Crippen molar-refractivity contribution in [1.29, 1.82) is 0 Å². The second kappa shape index (κ2) is 5.89. The third-order valence-corrected chi connectivity index (χ3v) is 5.17. The van der Waals surface area contributed by atoms with Crippen LogP contribution in [0.1, 0.15) is 46.0 Å². The van der Waals surface area contributed by atoms with Crippen LogP contribution in [0.15, 0.2) is 0 Å². The first kappa shape index (κ1) is 14.3. The van der Waals surface area contributed by atoms with Gasteiger partial charge in [-0.15, -0.1) is 0 Å². The Bertz CT molecular complexity index is 258. The van der Waals surface area contributed by atoms with Crippen LogP contribution in [0, 0.1) is 5.41 Å². The van der Waals surface area contributed by atoms with E-state index in [0.29, 0.717) is 17.5 Å². The fourth-order valence-corrected chi connectivity index (χ4v) is 3.60.